The number of rotatable bonds is 6. The van der Waals surface area contributed by atoms with Crippen LogP contribution < -0.4 is 15.5 Å². The number of aromatic nitrogens is 2. The van der Waals surface area contributed by atoms with Gasteiger partial charge >= 0.3 is 0 Å². The lowest BCUT2D eigenvalue weighted by Gasteiger charge is -2.26. The van der Waals surface area contributed by atoms with Gasteiger partial charge in [-0.25, -0.2) is 0 Å². The summed E-state index contributed by atoms with van der Waals surface area (Å²) in [6, 6.07) is 4.21. The second kappa shape index (κ2) is 6.39. The van der Waals surface area contributed by atoms with Gasteiger partial charge in [0.05, 0.1) is 0 Å². The van der Waals surface area contributed by atoms with Gasteiger partial charge in [0.25, 0.3) is 5.91 Å². The molecule has 0 aromatic carbocycles. The standard InChI is InChI=1S/C15H23N5O/c1-16-15(21)13-6-7-14(19-18-13)20(9-11-4-5-11)10-12-3-2-8-17-12/h6-7,11-12,17H,2-5,8-10H2,1H3,(H,16,21). The average molecular weight is 289 g/mol. The number of hydrogen-bond acceptors (Lipinski definition) is 5. The van der Waals surface area contributed by atoms with Crippen molar-refractivity contribution in [1.82, 2.24) is 20.8 Å². The topological polar surface area (TPSA) is 70.2 Å². The van der Waals surface area contributed by atoms with Crippen LogP contribution in [0.15, 0.2) is 12.1 Å². The summed E-state index contributed by atoms with van der Waals surface area (Å²) in [5.41, 5.74) is 0.367. The number of nitrogens with one attached hydrogen (secondary N) is 2. The normalized spacial score (nSPS) is 21.3. The van der Waals surface area contributed by atoms with Crippen molar-refractivity contribution in [3.8, 4) is 0 Å². The lowest BCUT2D eigenvalue weighted by molar-refractivity contribution is 0.0957. The first-order valence-electron chi connectivity index (χ1n) is 7.80. The Bertz CT molecular complexity index is 479. The Hall–Kier alpha value is -1.69. The molecule has 2 fully saturated rings. The van der Waals surface area contributed by atoms with Crippen LogP contribution in [0.5, 0.6) is 0 Å². The van der Waals surface area contributed by atoms with E-state index in [0.29, 0.717) is 11.7 Å². The van der Waals surface area contributed by atoms with E-state index >= 15 is 0 Å². The van der Waals surface area contributed by atoms with E-state index in [2.05, 4.69) is 25.7 Å². The molecule has 2 heterocycles. The lowest BCUT2D eigenvalue weighted by Crippen LogP contribution is -2.39. The highest BCUT2D eigenvalue weighted by Crippen LogP contribution is 2.31. The van der Waals surface area contributed by atoms with E-state index in [9.17, 15) is 4.79 Å². The van der Waals surface area contributed by atoms with E-state index in [1.165, 1.54) is 25.7 Å². The fourth-order valence-electron chi connectivity index (χ4n) is 2.80. The number of amides is 1. The number of carbonyl (C=O) groups excluding carboxylic acids is 1. The van der Waals surface area contributed by atoms with Crippen LogP contribution in [-0.2, 0) is 0 Å². The summed E-state index contributed by atoms with van der Waals surface area (Å²) >= 11 is 0. The molecule has 2 aliphatic rings. The van der Waals surface area contributed by atoms with Crippen molar-refractivity contribution in [2.75, 3.05) is 31.6 Å². The zero-order chi connectivity index (χ0) is 14.7. The van der Waals surface area contributed by atoms with Gasteiger partial charge in [0.2, 0.25) is 0 Å². The van der Waals surface area contributed by atoms with Crippen LogP contribution in [-0.4, -0.2) is 48.8 Å². The Kier molecular flexibility index (Phi) is 4.34. The van der Waals surface area contributed by atoms with Crippen molar-refractivity contribution < 1.29 is 4.79 Å². The molecule has 1 aromatic heterocycles. The fourth-order valence-corrected chi connectivity index (χ4v) is 2.80. The first-order chi connectivity index (χ1) is 10.3. The SMILES string of the molecule is CNC(=O)c1ccc(N(CC2CC2)CC2CCCN2)nn1. The summed E-state index contributed by atoms with van der Waals surface area (Å²) in [6.45, 7) is 3.14. The van der Waals surface area contributed by atoms with Crippen LogP contribution in [0, 0.1) is 5.92 Å². The predicted molar refractivity (Wildman–Crippen MR) is 81.4 cm³/mol. The molecule has 114 valence electrons. The minimum absolute atomic E-state index is 0.194. The summed E-state index contributed by atoms with van der Waals surface area (Å²) in [5.74, 6) is 1.48. The molecular formula is C15H23N5O. The molecule has 0 bridgehead atoms. The third kappa shape index (κ3) is 3.69. The highest BCUT2D eigenvalue weighted by Gasteiger charge is 2.27. The Morgan fingerprint density at radius 2 is 2.19 bits per heavy atom. The van der Waals surface area contributed by atoms with Crippen LogP contribution >= 0.6 is 0 Å². The van der Waals surface area contributed by atoms with E-state index in [1.54, 1.807) is 13.1 Å². The van der Waals surface area contributed by atoms with Crippen LogP contribution in [0.1, 0.15) is 36.2 Å². The zero-order valence-corrected chi connectivity index (χ0v) is 12.5. The average Bonchev–Trinajstić information content (AvgIpc) is 3.19. The summed E-state index contributed by atoms with van der Waals surface area (Å²) in [7, 11) is 1.60. The third-order valence-electron chi connectivity index (χ3n) is 4.21. The molecule has 21 heavy (non-hydrogen) atoms. The molecule has 1 atom stereocenters. The van der Waals surface area contributed by atoms with E-state index in [-0.39, 0.29) is 5.91 Å². The zero-order valence-electron chi connectivity index (χ0n) is 12.5. The Labute approximate surface area is 125 Å². The molecule has 1 aromatic rings. The minimum atomic E-state index is -0.194. The number of carbonyl (C=O) groups is 1. The van der Waals surface area contributed by atoms with Crippen molar-refractivity contribution in [3.63, 3.8) is 0 Å². The van der Waals surface area contributed by atoms with Crippen LogP contribution in [0.2, 0.25) is 0 Å². The van der Waals surface area contributed by atoms with Gasteiger partial charge in [-0.1, -0.05) is 0 Å². The van der Waals surface area contributed by atoms with E-state index in [4.69, 9.17) is 0 Å². The van der Waals surface area contributed by atoms with Crippen molar-refractivity contribution in [1.29, 1.82) is 0 Å². The minimum Gasteiger partial charge on any atom is -0.354 e. The van der Waals surface area contributed by atoms with E-state index < -0.39 is 0 Å². The van der Waals surface area contributed by atoms with Crippen molar-refractivity contribution >= 4 is 11.7 Å². The van der Waals surface area contributed by atoms with Crippen molar-refractivity contribution in [3.05, 3.63) is 17.8 Å². The van der Waals surface area contributed by atoms with Gasteiger partial charge in [0, 0.05) is 26.2 Å². The molecule has 1 saturated heterocycles. The van der Waals surface area contributed by atoms with Gasteiger partial charge in [0.15, 0.2) is 11.5 Å². The molecule has 2 N–H and O–H groups in total. The number of hydrogen-bond donors (Lipinski definition) is 2. The van der Waals surface area contributed by atoms with Crippen molar-refractivity contribution in [2.45, 2.75) is 31.7 Å². The largest absolute Gasteiger partial charge is 0.354 e. The highest BCUT2D eigenvalue weighted by molar-refractivity contribution is 5.91. The van der Waals surface area contributed by atoms with Gasteiger partial charge in [0.1, 0.15) is 0 Å². The Morgan fingerprint density at radius 3 is 2.76 bits per heavy atom. The molecule has 1 aliphatic heterocycles. The smallest absolute Gasteiger partial charge is 0.271 e. The second-order valence-corrected chi connectivity index (χ2v) is 6.00. The third-order valence-corrected chi connectivity index (χ3v) is 4.21. The van der Waals surface area contributed by atoms with Gasteiger partial charge in [-0.15, -0.1) is 10.2 Å². The Balaban J connectivity index is 1.69. The quantitative estimate of drug-likeness (QED) is 0.811. The molecule has 3 rings (SSSR count). The van der Waals surface area contributed by atoms with Crippen LogP contribution in [0.4, 0.5) is 5.82 Å². The van der Waals surface area contributed by atoms with Gasteiger partial charge in [-0.05, 0) is 50.3 Å². The molecular weight excluding hydrogens is 266 g/mol. The summed E-state index contributed by atoms with van der Waals surface area (Å²) in [4.78, 5) is 13.8. The Morgan fingerprint density at radius 1 is 1.33 bits per heavy atom. The van der Waals surface area contributed by atoms with Gasteiger partial charge in [-0.2, -0.15) is 0 Å². The molecule has 1 unspecified atom stereocenters. The maximum atomic E-state index is 11.5. The van der Waals surface area contributed by atoms with Crippen LogP contribution in [0.3, 0.4) is 0 Å². The summed E-state index contributed by atoms with van der Waals surface area (Å²) in [5, 5.41) is 14.4. The number of anilines is 1. The molecule has 0 radical (unpaired) electrons. The van der Waals surface area contributed by atoms with Crippen LogP contribution in [0.25, 0.3) is 0 Å². The van der Waals surface area contributed by atoms with Gasteiger partial charge in [-0.3, -0.25) is 4.79 Å². The number of nitrogens with zero attached hydrogens (tertiary/aromatic N) is 3. The molecule has 6 heteroatoms. The van der Waals surface area contributed by atoms with E-state index in [0.717, 1.165) is 31.4 Å². The molecule has 1 amide bonds. The van der Waals surface area contributed by atoms with Crippen molar-refractivity contribution in [2.24, 2.45) is 5.92 Å². The van der Waals surface area contributed by atoms with E-state index in [1.807, 2.05) is 6.07 Å². The first-order valence-corrected chi connectivity index (χ1v) is 7.80. The van der Waals surface area contributed by atoms with Gasteiger partial charge < -0.3 is 15.5 Å². The first kappa shape index (κ1) is 14.3. The maximum absolute atomic E-state index is 11.5. The monoisotopic (exact) mass is 289 g/mol. The lowest BCUT2D eigenvalue weighted by atomic mass is 10.2. The highest BCUT2D eigenvalue weighted by atomic mass is 16.1. The molecule has 0 spiro atoms. The molecule has 1 saturated carbocycles. The predicted octanol–water partition coefficient (Wildman–Crippen LogP) is 0.805. The molecule has 6 nitrogen and oxygen atoms in total. The summed E-state index contributed by atoms with van der Waals surface area (Å²) in [6.07, 6.45) is 5.12. The summed E-state index contributed by atoms with van der Waals surface area (Å²) < 4.78 is 0. The molecule has 1 aliphatic carbocycles. The second-order valence-electron chi connectivity index (χ2n) is 6.00. The maximum Gasteiger partial charge on any atom is 0.271 e. The fraction of sp³-hybridized carbons (Fsp3) is 0.667.